The van der Waals surface area contributed by atoms with E-state index in [-0.39, 0.29) is 18.7 Å². The van der Waals surface area contributed by atoms with E-state index in [1.807, 2.05) is 0 Å². The van der Waals surface area contributed by atoms with Crippen LogP contribution in [0.5, 0.6) is 0 Å². The molecule has 2 saturated heterocycles. The number of hydrogen-bond acceptors (Lipinski definition) is 3. The molecule has 2 heterocycles. The third kappa shape index (κ3) is 1.39. The van der Waals surface area contributed by atoms with Gasteiger partial charge in [-0.05, 0) is 13.8 Å². The Labute approximate surface area is 86.8 Å². The van der Waals surface area contributed by atoms with Crippen LogP contribution in [0.4, 0.5) is 9.59 Å². The molecule has 0 aromatic rings. The third-order valence-electron chi connectivity index (χ3n) is 2.70. The molecule has 0 unspecified atom stereocenters. The van der Waals surface area contributed by atoms with Crippen LogP contribution in [0.15, 0.2) is 0 Å². The van der Waals surface area contributed by atoms with Gasteiger partial charge in [0, 0.05) is 0 Å². The zero-order chi connectivity index (χ0) is 11.2. The van der Waals surface area contributed by atoms with Crippen molar-refractivity contribution in [2.75, 3.05) is 6.61 Å². The largest absolute Gasteiger partial charge is 0.394 e. The van der Waals surface area contributed by atoms with Gasteiger partial charge < -0.3 is 21.1 Å². The number of carbonyl (C=O) groups excluding carboxylic acids is 2. The van der Waals surface area contributed by atoms with Crippen molar-refractivity contribution in [3.05, 3.63) is 0 Å². The summed E-state index contributed by atoms with van der Waals surface area (Å²) in [4.78, 5) is 24.1. The van der Waals surface area contributed by atoms with E-state index < -0.39 is 17.9 Å². The van der Waals surface area contributed by atoms with Crippen LogP contribution in [0.3, 0.4) is 0 Å². The molecule has 2 aliphatic rings. The molecule has 4 amide bonds. The molecular formula is C8H14N4O3. The van der Waals surface area contributed by atoms with Crippen LogP contribution in [0, 0.1) is 0 Å². The maximum Gasteiger partial charge on any atom is 0.321 e. The summed E-state index contributed by atoms with van der Waals surface area (Å²) >= 11 is 0. The molecule has 0 bridgehead atoms. The topological polar surface area (TPSA) is 93.7 Å². The second kappa shape index (κ2) is 2.99. The number of amides is 4. The Bertz CT molecular complexity index is 317. The van der Waals surface area contributed by atoms with Gasteiger partial charge in [-0.2, -0.15) is 0 Å². The predicted octanol–water partition coefficient (Wildman–Crippen LogP) is -1.25. The Balaban J connectivity index is 2.24. The lowest BCUT2D eigenvalue weighted by atomic mass is 10.0. The van der Waals surface area contributed by atoms with Crippen LogP contribution >= 0.6 is 0 Å². The van der Waals surface area contributed by atoms with Gasteiger partial charge in [0.05, 0.1) is 12.1 Å². The summed E-state index contributed by atoms with van der Waals surface area (Å²) in [7, 11) is 0. The van der Waals surface area contributed by atoms with Crippen molar-refractivity contribution >= 4 is 12.1 Å². The summed E-state index contributed by atoms with van der Waals surface area (Å²) in [6.07, 6.45) is -0.858. The lowest BCUT2D eigenvalue weighted by Gasteiger charge is -2.36. The number of nitrogens with zero attached hydrogens (tertiary/aromatic N) is 1. The molecule has 0 saturated carbocycles. The van der Waals surface area contributed by atoms with Crippen molar-refractivity contribution in [2.24, 2.45) is 0 Å². The van der Waals surface area contributed by atoms with E-state index >= 15 is 0 Å². The highest BCUT2D eigenvalue weighted by molar-refractivity contribution is 5.85. The summed E-state index contributed by atoms with van der Waals surface area (Å²) in [5.74, 6) is 0. The van der Waals surface area contributed by atoms with Gasteiger partial charge in [-0.3, -0.25) is 4.90 Å². The first-order chi connectivity index (χ1) is 6.95. The van der Waals surface area contributed by atoms with E-state index in [1.165, 1.54) is 4.90 Å². The minimum atomic E-state index is -0.706. The van der Waals surface area contributed by atoms with Gasteiger partial charge in [0.15, 0.2) is 0 Å². The number of carbonyl (C=O) groups is 2. The predicted molar refractivity (Wildman–Crippen MR) is 50.8 cm³/mol. The number of aliphatic hydroxyl groups is 1. The summed E-state index contributed by atoms with van der Waals surface area (Å²) < 4.78 is 0. The second-order valence-electron chi connectivity index (χ2n) is 4.33. The van der Waals surface area contributed by atoms with E-state index in [0.29, 0.717) is 0 Å². The molecule has 0 spiro atoms. The molecule has 0 aromatic carbocycles. The lowest BCUT2D eigenvalue weighted by Crippen LogP contribution is -2.56. The van der Waals surface area contributed by atoms with E-state index in [4.69, 9.17) is 0 Å². The molecule has 15 heavy (non-hydrogen) atoms. The van der Waals surface area contributed by atoms with Crippen LogP contribution in [0.25, 0.3) is 0 Å². The van der Waals surface area contributed by atoms with Crippen molar-refractivity contribution in [3.8, 4) is 0 Å². The Morgan fingerprint density at radius 1 is 1.33 bits per heavy atom. The van der Waals surface area contributed by atoms with Gasteiger partial charge in [0.1, 0.15) is 12.3 Å². The van der Waals surface area contributed by atoms with E-state index in [9.17, 15) is 14.7 Å². The van der Waals surface area contributed by atoms with Crippen molar-refractivity contribution < 1.29 is 14.7 Å². The molecule has 2 atom stereocenters. The van der Waals surface area contributed by atoms with Crippen LogP contribution in [0.1, 0.15) is 13.8 Å². The highest BCUT2D eigenvalue weighted by Crippen LogP contribution is 2.23. The van der Waals surface area contributed by atoms with Crippen molar-refractivity contribution in [1.82, 2.24) is 20.9 Å². The number of urea groups is 2. The Morgan fingerprint density at radius 3 is 2.60 bits per heavy atom. The zero-order valence-electron chi connectivity index (χ0n) is 8.57. The van der Waals surface area contributed by atoms with Gasteiger partial charge in [-0.1, -0.05) is 0 Å². The molecule has 7 nitrogen and oxygen atoms in total. The quantitative estimate of drug-likeness (QED) is 0.462. The van der Waals surface area contributed by atoms with E-state index in [0.717, 1.165) is 0 Å². The van der Waals surface area contributed by atoms with Crippen LogP contribution < -0.4 is 16.0 Å². The molecular weight excluding hydrogens is 200 g/mol. The second-order valence-corrected chi connectivity index (χ2v) is 4.33. The monoisotopic (exact) mass is 214 g/mol. The number of hydrogen-bond donors (Lipinski definition) is 4. The highest BCUT2D eigenvalue weighted by Gasteiger charge is 2.50. The molecule has 2 aliphatic heterocycles. The maximum absolute atomic E-state index is 11.6. The molecule has 0 aromatic heterocycles. The van der Waals surface area contributed by atoms with Gasteiger partial charge >= 0.3 is 12.1 Å². The first kappa shape index (κ1) is 10.0. The highest BCUT2D eigenvalue weighted by atomic mass is 16.3. The maximum atomic E-state index is 11.6. The number of nitrogens with one attached hydrogen (secondary N) is 3. The van der Waals surface area contributed by atoms with Crippen LogP contribution in [-0.2, 0) is 0 Å². The van der Waals surface area contributed by atoms with Crippen LogP contribution in [-0.4, -0.2) is 46.5 Å². The van der Waals surface area contributed by atoms with Crippen molar-refractivity contribution in [3.63, 3.8) is 0 Å². The summed E-state index contributed by atoms with van der Waals surface area (Å²) in [5.41, 5.74) is -0.706. The lowest BCUT2D eigenvalue weighted by molar-refractivity contribution is 0.0653. The van der Waals surface area contributed by atoms with E-state index in [2.05, 4.69) is 16.0 Å². The molecule has 2 fully saturated rings. The molecule has 0 aliphatic carbocycles. The Kier molecular flexibility index (Phi) is 2.00. The molecule has 4 N–H and O–H groups in total. The summed E-state index contributed by atoms with van der Waals surface area (Å²) in [6, 6.07) is -0.611. The zero-order valence-corrected chi connectivity index (χ0v) is 8.57. The van der Waals surface area contributed by atoms with Crippen molar-refractivity contribution in [1.29, 1.82) is 0 Å². The average Bonchev–Trinajstić information content (AvgIpc) is 2.59. The number of aliphatic hydroxyl groups excluding tert-OH is 1. The van der Waals surface area contributed by atoms with Crippen molar-refractivity contribution in [2.45, 2.75) is 31.7 Å². The average molecular weight is 214 g/mol. The fourth-order valence-electron chi connectivity index (χ4n) is 1.86. The fourth-order valence-corrected chi connectivity index (χ4v) is 1.86. The molecule has 2 rings (SSSR count). The third-order valence-corrected chi connectivity index (χ3v) is 2.70. The minimum Gasteiger partial charge on any atom is -0.394 e. The number of rotatable bonds is 2. The summed E-state index contributed by atoms with van der Waals surface area (Å²) in [5, 5.41) is 17.0. The molecule has 84 valence electrons. The van der Waals surface area contributed by atoms with E-state index in [1.54, 1.807) is 13.8 Å². The molecule has 7 heteroatoms. The van der Waals surface area contributed by atoms with Crippen LogP contribution in [0.2, 0.25) is 0 Å². The Morgan fingerprint density at radius 2 is 2.00 bits per heavy atom. The number of fused-ring (bicyclic) bond motifs is 1. The SMILES string of the molecule is CC(C)(CO)N1C(=O)N[C@@H]2NC(=O)N[C@@H]21. The Hall–Kier alpha value is -1.50. The van der Waals surface area contributed by atoms with Gasteiger partial charge in [-0.15, -0.1) is 0 Å². The first-order valence-corrected chi connectivity index (χ1v) is 4.73. The van der Waals surface area contributed by atoms with Gasteiger partial charge in [-0.25, -0.2) is 9.59 Å². The first-order valence-electron chi connectivity index (χ1n) is 4.73. The smallest absolute Gasteiger partial charge is 0.321 e. The standard InChI is InChI=1S/C8H14N4O3/c1-8(2,3-13)12-5-4(10-7(12)15)9-6(14)11-5/h4-5,13H,3H2,1-2H3,(H,10,15)(H2,9,11,14)/t4-,5+/m0/s1. The van der Waals surface area contributed by atoms with Gasteiger partial charge in [0.25, 0.3) is 0 Å². The fraction of sp³-hybridized carbons (Fsp3) is 0.750. The normalized spacial score (nSPS) is 29.7. The molecule has 0 radical (unpaired) electrons. The minimum absolute atomic E-state index is 0.167. The summed E-state index contributed by atoms with van der Waals surface area (Å²) in [6.45, 7) is 3.30. The van der Waals surface area contributed by atoms with Gasteiger partial charge in [0.2, 0.25) is 0 Å².